The van der Waals surface area contributed by atoms with Crippen LogP contribution in [0.25, 0.3) is 0 Å². The van der Waals surface area contributed by atoms with Crippen molar-refractivity contribution in [2.24, 2.45) is 0 Å². The van der Waals surface area contributed by atoms with Gasteiger partial charge in [0.25, 0.3) is 0 Å². The Morgan fingerprint density at radius 2 is 2.19 bits per heavy atom. The van der Waals surface area contributed by atoms with Crippen molar-refractivity contribution >= 4 is 27.8 Å². The van der Waals surface area contributed by atoms with Crippen molar-refractivity contribution in [3.63, 3.8) is 0 Å². The summed E-state index contributed by atoms with van der Waals surface area (Å²) >= 11 is 3.37. The van der Waals surface area contributed by atoms with Crippen molar-refractivity contribution in [3.8, 4) is 0 Å². The number of hydrogen-bond acceptors (Lipinski definition) is 3. The summed E-state index contributed by atoms with van der Waals surface area (Å²) in [5.74, 6) is -1.26. The van der Waals surface area contributed by atoms with Crippen molar-refractivity contribution in [2.75, 3.05) is 13.7 Å². The fourth-order valence-electron chi connectivity index (χ4n) is 1.91. The van der Waals surface area contributed by atoms with Crippen LogP contribution in [0.3, 0.4) is 0 Å². The first-order valence-electron chi connectivity index (χ1n) is 6.78. The summed E-state index contributed by atoms with van der Waals surface area (Å²) in [5.41, 5.74) is 1.03. The highest BCUT2D eigenvalue weighted by Crippen LogP contribution is 2.13. The normalized spacial score (nSPS) is 11.9. The van der Waals surface area contributed by atoms with Crippen molar-refractivity contribution in [1.82, 2.24) is 5.32 Å². The molecule has 0 bridgehead atoms. The monoisotopic (exact) mass is 357 g/mol. The van der Waals surface area contributed by atoms with E-state index in [2.05, 4.69) is 21.2 Å². The molecule has 1 unspecified atom stereocenters. The Hall–Kier alpha value is -1.40. The van der Waals surface area contributed by atoms with Gasteiger partial charge in [0.2, 0.25) is 5.91 Å². The minimum Gasteiger partial charge on any atom is -0.480 e. The number of aryl methyl sites for hydroxylation is 1. The molecule has 0 spiro atoms. The smallest absolute Gasteiger partial charge is 0.326 e. The number of ether oxygens (including phenoxy) is 1. The van der Waals surface area contributed by atoms with E-state index in [1.165, 1.54) is 0 Å². The molecule has 1 rings (SSSR count). The number of halogens is 1. The first kappa shape index (κ1) is 17.7. The van der Waals surface area contributed by atoms with Gasteiger partial charge in [-0.3, -0.25) is 4.79 Å². The van der Waals surface area contributed by atoms with Crippen LogP contribution in [-0.2, 0) is 20.7 Å². The Morgan fingerprint density at radius 3 is 2.81 bits per heavy atom. The minimum atomic E-state index is -1.01. The number of benzene rings is 1. The maximum Gasteiger partial charge on any atom is 0.326 e. The number of amides is 1. The summed E-state index contributed by atoms with van der Waals surface area (Å²) in [5, 5.41) is 11.6. The maximum atomic E-state index is 11.8. The van der Waals surface area contributed by atoms with Crippen LogP contribution in [0, 0.1) is 0 Å². The number of carbonyl (C=O) groups is 2. The summed E-state index contributed by atoms with van der Waals surface area (Å²) in [6.45, 7) is 0.484. The number of carboxylic acid groups (broad SMARTS) is 1. The van der Waals surface area contributed by atoms with Gasteiger partial charge in [0.1, 0.15) is 6.04 Å². The average Bonchev–Trinajstić information content (AvgIpc) is 2.44. The Labute approximate surface area is 132 Å². The molecule has 0 saturated heterocycles. The van der Waals surface area contributed by atoms with Gasteiger partial charge in [0, 0.05) is 24.6 Å². The van der Waals surface area contributed by atoms with Gasteiger partial charge in [-0.25, -0.2) is 4.79 Å². The van der Waals surface area contributed by atoms with Crippen LogP contribution in [0.1, 0.15) is 24.8 Å². The third-order valence-corrected chi connectivity index (χ3v) is 3.50. The topological polar surface area (TPSA) is 75.6 Å². The van der Waals surface area contributed by atoms with Gasteiger partial charge >= 0.3 is 5.97 Å². The molecular weight excluding hydrogens is 338 g/mol. The van der Waals surface area contributed by atoms with Crippen LogP contribution >= 0.6 is 15.9 Å². The van der Waals surface area contributed by atoms with Gasteiger partial charge in [-0.2, -0.15) is 0 Å². The van der Waals surface area contributed by atoms with Crippen molar-refractivity contribution in [1.29, 1.82) is 0 Å². The quantitative estimate of drug-likeness (QED) is 0.665. The molecule has 2 N–H and O–H groups in total. The first-order valence-corrected chi connectivity index (χ1v) is 7.57. The molecule has 0 aromatic heterocycles. The lowest BCUT2D eigenvalue weighted by atomic mass is 10.1. The third kappa shape index (κ3) is 7.24. The predicted octanol–water partition coefficient (Wildman–Crippen LogP) is 2.38. The van der Waals surface area contributed by atoms with E-state index in [1.54, 1.807) is 7.11 Å². The molecule has 0 aliphatic carbocycles. The molecule has 1 atom stereocenters. The zero-order chi connectivity index (χ0) is 15.7. The second-order valence-electron chi connectivity index (χ2n) is 4.72. The Bertz CT molecular complexity index is 478. The summed E-state index contributed by atoms with van der Waals surface area (Å²) in [4.78, 5) is 22.9. The Kier molecular flexibility index (Phi) is 8.00. The van der Waals surface area contributed by atoms with Gasteiger partial charge in [-0.15, -0.1) is 0 Å². The Morgan fingerprint density at radius 1 is 1.43 bits per heavy atom. The lowest BCUT2D eigenvalue weighted by molar-refractivity contribution is -0.142. The molecule has 5 nitrogen and oxygen atoms in total. The van der Waals surface area contributed by atoms with Crippen LogP contribution in [0.15, 0.2) is 28.7 Å². The third-order valence-electron chi connectivity index (χ3n) is 3.00. The molecule has 0 radical (unpaired) electrons. The zero-order valence-electron chi connectivity index (χ0n) is 12.0. The highest BCUT2D eigenvalue weighted by atomic mass is 79.9. The van der Waals surface area contributed by atoms with Crippen molar-refractivity contribution in [3.05, 3.63) is 34.3 Å². The number of rotatable bonds is 9. The second kappa shape index (κ2) is 9.52. The van der Waals surface area contributed by atoms with Gasteiger partial charge in [-0.1, -0.05) is 28.1 Å². The van der Waals surface area contributed by atoms with Crippen molar-refractivity contribution < 1.29 is 19.4 Å². The molecule has 0 heterocycles. The number of methoxy groups -OCH3 is 1. The van der Waals surface area contributed by atoms with Crippen LogP contribution in [0.5, 0.6) is 0 Å². The predicted molar refractivity (Wildman–Crippen MR) is 83.1 cm³/mol. The molecular formula is C15H20BrNO4. The van der Waals surface area contributed by atoms with Crippen LogP contribution in [-0.4, -0.2) is 36.7 Å². The van der Waals surface area contributed by atoms with Crippen molar-refractivity contribution in [2.45, 2.75) is 31.7 Å². The lowest BCUT2D eigenvalue weighted by Crippen LogP contribution is -2.41. The lowest BCUT2D eigenvalue weighted by Gasteiger charge is -2.14. The highest BCUT2D eigenvalue weighted by molar-refractivity contribution is 9.10. The zero-order valence-corrected chi connectivity index (χ0v) is 13.6. The van der Waals surface area contributed by atoms with Crippen LogP contribution < -0.4 is 5.32 Å². The molecule has 1 amide bonds. The molecule has 1 aromatic rings. The number of carbonyl (C=O) groups excluding carboxylic acids is 1. The number of hydrogen-bond donors (Lipinski definition) is 2. The van der Waals surface area contributed by atoms with E-state index in [0.717, 1.165) is 10.0 Å². The fourth-order valence-corrected chi connectivity index (χ4v) is 2.35. The van der Waals surface area contributed by atoms with Crippen LogP contribution in [0.2, 0.25) is 0 Å². The number of aliphatic carboxylic acids is 1. The molecule has 1 aromatic carbocycles. The van der Waals surface area contributed by atoms with E-state index in [1.807, 2.05) is 24.3 Å². The second-order valence-corrected chi connectivity index (χ2v) is 5.64. The minimum absolute atomic E-state index is 0.250. The number of carboxylic acids is 1. The molecule has 0 aliphatic rings. The van der Waals surface area contributed by atoms with E-state index in [9.17, 15) is 9.59 Å². The summed E-state index contributed by atoms with van der Waals surface area (Å²) in [7, 11) is 1.56. The summed E-state index contributed by atoms with van der Waals surface area (Å²) in [6, 6.07) is 6.85. The maximum absolute atomic E-state index is 11.8. The molecule has 0 aliphatic heterocycles. The van der Waals surface area contributed by atoms with Gasteiger partial charge in [-0.05, 0) is 37.0 Å². The van der Waals surface area contributed by atoms with E-state index in [-0.39, 0.29) is 12.3 Å². The summed E-state index contributed by atoms with van der Waals surface area (Å²) in [6.07, 6.45) is 1.81. The molecule has 0 saturated carbocycles. The SMILES string of the molecule is COCCCC(NC(=O)CCc1cccc(Br)c1)C(=O)O. The van der Waals surface area contributed by atoms with E-state index in [0.29, 0.717) is 25.9 Å². The van der Waals surface area contributed by atoms with Gasteiger partial charge in [0.05, 0.1) is 0 Å². The molecule has 6 heteroatoms. The Balaban J connectivity index is 2.41. The molecule has 21 heavy (non-hydrogen) atoms. The highest BCUT2D eigenvalue weighted by Gasteiger charge is 2.19. The van der Waals surface area contributed by atoms with Gasteiger partial charge in [0.15, 0.2) is 0 Å². The average molecular weight is 358 g/mol. The summed E-state index contributed by atoms with van der Waals surface area (Å²) < 4.78 is 5.84. The fraction of sp³-hybridized carbons (Fsp3) is 0.467. The molecule has 0 fully saturated rings. The van der Waals surface area contributed by atoms with Gasteiger partial charge < -0.3 is 15.2 Å². The standard InChI is InChI=1S/C15H20BrNO4/c1-21-9-3-6-13(15(19)20)17-14(18)8-7-11-4-2-5-12(16)10-11/h2,4-5,10,13H,3,6-9H2,1H3,(H,17,18)(H,19,20). The largest absolute Gasteiger partial charge is 0.480 e. The van der Waals surface area contributed by atoms with E-state index in [4.69, 9.17) is 9.84 Å². The first-order chi connectivity index (χ1) is 10.0. The van der Waals surface area contributed by atoms with Crippen LogP contribution in [0.4, 0.5) is 0 Å². The number of nitrogens with one attached hydrogen (secondary N) is 1. The van der Waals surface area contributed by atoms with E-state index >= 15 is 0 Å². The molecule has 116 valence electrons. The van der Waals surface area contributed by atoms with E-state index < -0.39 is 12.0 Å².